The molecular formula is C21H20N4O2. The first-order valence-corrected chi connectivity index (χ1v) is 8.89. The number of benzene rings is 2. The van der Waals surface area contributed by atoms with E-state index in [0.717, 1.165) is 16.5 Å². The first kappa shape index (κ1) is 17.0. The van der Waals surface area contributed by atoms with Gasteiger partial charge in [0.1, 0.15) is 5.69 Å². The molecule has 0 bridgehead atoms. The Balaban J connectivity index is 1.34. The Hall–Kier alpha value is -3.41. The third-order valence-corrected chi connectivity index (χ3v) is 4.52. The van der Waals surface area contributed by atoms with Crippen LogP contribution < -0.4 is 5.32 Å². The highest BCUT2D eigenvalue weighted by Crippen LogP contribution is 2.18. The lowest BCUT2D eigenvalue weighted by Crippen LogP contribution is -2.27. The fourth-order valence-corrected chi connectivity index (χ4v) is 3.12. The summed E-state index contributed by atoms with van der Waals surface area (Å²) in [6, 6.07) is 19.8. The molecule has 0 fully saturated rings. The summed E-state index contributed by atoms with van der Waals surface area (Å²) >= 11 is 0. The number of nitrogens with one attached hydrogen (secondary N) is 1. The van der Waals surface area contributed by atoms with Crippen LogP contribution in [0, 0.1) is 0 Å². The smallest absolute Gasteiger partial charge is 0.267 e. The van der Waals surface area contributed by atoms with Crippen molar-refractivity contribution in [2.24, 2.45) is 7.05 Å². The van der Waals surface area contributed by atoms with Crippen molar-refractivity contribution >= 4 is 16.8 Å². The minimum Gasteiger partial charge on any atom is -0.350 e. The van der Waals surface area contributed by atoms with Gasteiger partial charge in [0.25, 0.3) is 5.91 Å². The van der Waals surface area contributed by atoms with Gasteiger partial charge in [-0.1, -0.05) is 53.7 Å². The van der Waals surface area contributed by atoms with Crippen molar-refractivity contribution in [3.05, 3.63) is 83.6 Å². The molecule has 4 rings (SSSR count). The lowest BCUT2D eigenvalue weighted by molar-refractivity contribution is 0.0945. The van der Waals surface area contributed by atoms with Crippen LogP contribution in [0.3, 0.4) is 0 Å². The minimum atomic E-state index is -0.113. The Bertz CT molecular complexity index is 1070. The average Bonchev–Trinajstić information content (AvgIpc) is 3.27. The van der Waals surface area contributed by atoms with Crippen LogP contribution in [0.4, 0.5) is 0 Å². The van der Waals surface area contributed by atoms with Crippen molar-refractivity contribution < 1.29 is 9.32 Å². The summed E-state index contributed by atoms with van der Waals surface area (Å²) in [7, 11) is 1.89. The molecule has 6 nitrogen and oxygen atoms in total. The fourth-order valence-electron chi connectivity index (χ4n) is 3.12. The molecule has 0 aliphatic carbocycles. The van der Waals surface area contributed by atoms with E-state index in [1.807, 2.05) is 72.3 Å². The number of fused-ring (bicyclic) bond motifs is 1. The Morgan fingerprint density at radius 3 is 2.70 bits per heavy atom. The third kappa shape index (κ3) is 3.74. The van der Waals surface area contributed by atoms with Crippen LogP contribution >= 0.6 is 0 Å². The second-order valence-corrected chi connectivity index (χ2v) is 6.42. The van der Waals surface area contributed by atoms with Gasteiger partial charge in [0, 0.05) is 37.3 Å². The third-order valence-electron chi connectivity index (χ3n) is 4.52. The number of aryl methyl sites for hydroxylation is 1. The Labute approximate surface area is 156 Å². The lowest BCUT2D eigenvalue weighted by atomic mass is 10.1. The highest BCUT2D eigenvalue weighted by Gasteiger charge is 2.13. The molecule has 1 N–H and O–H groups in total. The molecule has 0 aliphatic rings. The minimum absolute atomic E-state index is 0.113. The zero-order valence-corrected chi connectivity index (χ0v) is 15.1. The van der Waals surface area contributed by atoms with Gasteiger partial charge in [0.2, 0.25) is 5.89 Å². The maximum absolute atomic E-state index is 12.5. The predicted molar refractivity (Wildman–Crippen MR) is 103 cm³/mol. The van der Waals surface area contributed by atoms with Crippen molar-refractivity contribution in [3.63, 3.8) is 0 Å². The largest absolute Gasteiger partial charge is 0.350 e. The zero-order chi connectivity index (χ0) is 18.6. The number of carbonyl (C=O) groups is 1. The van der Waals surface area contributed by atoms with Crippen molar-refractivity contribution in [3.8, 4) is 0 Å². The second kappa shape index (κ2) is 7.45. The maximum atomic E-state index is 12.5. The van der Waals surface area contributed by atoms with Crippen LogP contribution in [0.25, 0.3) is 10.9 Å². The quantitative estimate of drug-likeness (QED) is 0.573. The average molecular weight is 360 g/mol. The highest BCUT2D eigenvalue weighted by molar-refractivity contribution is 5.98. The molecule has 136 valence electrons. The topological polar surface area (TPSA) is 73.0 Å². The number of hydrogen-bond acceptors (Lipinski definition) is 4. The van der Waals surface area contributed by atoms with E-state index in [1.165, 1.54) is 0 Å². The van der Waals surface area contributed by atoms with Crippen molar-refractivity contribution in [1.82, 2.24) is 20.0 Å². The van der Waals surface area contributed by atoms with Gasteiger partial charge in [-0.15, -0.1) is 0 Å². The Morgan fingerprint density at radius 1 is 1.11 bits per heavy atom. The molecular weight excluding hydrogens is 340 g/mol. The lowest BCUT2D eigenvalue weighted by Gasteiger charge is -2.05. The molecule has 0 aliphatic heterocycles. The summed E-state index contributed by atoms with van der Waals surface area (Å²) in [5, 5.41) is 7.98. The van der Waals surface area contributed by atoms with Gasteiger partial charge in [-0.25, -0.2) is 0 Å². The molecule has 0 spiro atoms. The van der Waals surface area contributed by atoms with E-state index >= 15 is 0 Å². The van der Waals surface area contributed by atoms with Gasteiger partial charge in [-0.05, 0) is 17.7 Å². The van der Waals surface area contributed by atoms with Crippen LogP contribution in [-0.4, -0.2) is 27.2 Å². The fraction of sp³-hybridized carbons (Fsp3) is 0.190. The van der Waals surface area contributed by atoms with E-state index < -0.39 is 0 Å². The van der Waals surface area contributed by atoms with Gasteiger partial charge in [-0.3, -0.25) is 4.79 Å². The van der Waals surface area contributed by atoms with Crippen molar-refractivity contribution in [2.45, 2.75) is 12.8 Å². The van der Waals surface area contributed by atoms with Gasteiger partial charge in [0.05, 0.1) is 0 Å². The zero-order valence-electron chi connectivity index (χ0n) is 15.1. The molecule has 0 saturated heterocycles. The molecule has 0 atom stereocenters. The molecule has 0 radical (unpaired) electrons. The second-order valence-electron chi connectivity index (χ2n) is 6.42. The number of rotatable bonds is 6. The van der Waals surface area contributed by atoms with E-state index in [0.29, 0.717) is 36.8 Å². The number of carbonyl (C=O) groups excluding carboxylic acids is 1. The molecule has 0 saturated carbocycles. The summed E-state index contributed by atoms with van der Waals surface area (Å²) in [6.45, 7) is 0.438. The SMILES string of the molecule is Cn1c(C(=O)NCCc2nc(Cc3ccccc3)no2)cc2ccccc21. The Morgan fingerprint density at radius 2 is 1.89 bits per heavy atom. The van der Waals surface area contributed by atoms with E-state index in [1.54, 1.807) is 0 Å². The molecule has 2 heterocycles. The first-order chi connectivity index (χ1) is 13.2. The van der Waals surface area contributed by atoms with Crippen LogP contribution in [0.5, 0.6) is 0 Å². The molecule has 4 aromatic rings. The van der Waals surface area contributed by atoms with Crippen molar-refractivity contribution in [2.75, 3.05) is 6.54 Å². The number of aromatic nitrogens is 3. The van der Waals surface area contributed by atoms with E-state index in [-0.39, 0.29) is 5.91 Å². The molecule has 6 heteroatoms. The first-order valence-electron chi connectivity index (χ1n) is 8.89. The predicted octanol–water partition coefficient (Wildman–Crippen LogP) is 3.12. The summed E-state index contributed by atoms with van der Waals surface area (Å²) in [6.07, 6.45) is 1.13. The molecule has 1 amide bonds. The summed E-state index contributed by atoms with van der Waals surface area (Å²) < 4.78 is 7.18. The number of amides is 1. The number of hydrogen-bond donors (Lipinski definition) is 1. The number of para-hydroxylation sites is 1. The van der Waals surface area contributed by atoms with Crippen LogP contribution in [-0.2, 0) is 19.9 Å². The summed E-state index contributed by atoms with van der Waals surface area (Å²) in [5.41, 5.74) is 2.80. The van der Waals surface area contributed by atoms with Crippen LogP contribution in [0.15, 0.2) is 65.2 Å². The monoisotopic (exact) mass is 360 g/mol. The summed E-state index contributed by atoms with van der Waals surface area (Å²) in [4.78, 5) is 16.9. The van der Waals surface area contributed by atoms with E-state index in [4.69, 9.17) is 4.52 Å². The highest BCUT2D eigenvalue weighted by atomic mass is 16.5. The van der Waals surface area contributed by atoms with Crippen molar-refractivity contribution in [1.29, 1.82) is 0 Å². The molecule has 2 aromatic heterocycles. The standard InChI is InChI=1S/C21H20N4O2/c1-25-17-10-6-5-9-16(17)14-18(25)21(26)22-12-11-20-23-19(24-27-20)13-15-7-3-2-4-8-15/h2-10,14H,11-13H2,1H3,(H,22,26). The van der Waals surface area contributed by atoms with E-state index in [2.05, 4.69) is 15.5 Å². The molecule has 27 heavy (non-hydrogen) atoms. The van der Waals surface area contributed by atoms with Gasteiger partial charge >= 0.3 is 0 Å². The van der Waals surface area contributed by atoms with Gasteiger partial charge in [-0.2, -0.15) is 4.98 Å². The van der Waals surface area contributed by atoms with Crippen LogP contribution in [0.2, 0.25) is 0 Å². The Kier molecular flexibility index (Phi) is 4.70. The molecule has 0 unspecified atom stereocenters. The molecule has 2 aromatic carbocycles. The van der Waals surface area contributed by atoms with Gasteiger partial charge < -0.3 is 14.4 Å². The maximum Gasteiger partial charge on any atom is 0.267 e. The van der Waals surface area contributed by atoms with Crippen LogP contribution in [0.1, 0.15) is 27.8 Å². The van der Waals surface area contributed by atoms with Gasteiger partial charge in [0.15, 0.2) is 5.82 Å². The number of nitrogens with zero attached hydrogens (tertiary/aromatic N) is 3. The summed E-state index contributed by atoms with van der Waals surface area (Å²) in [5.74, 6) is 1.06. The van der Waals surface area contributed by atoms with E-state index in [9.17, 15) is 4.79 Å². The normalized spacial score (nSPS) is 11.0.